The minimum Gasteiger partial charge on any atom is -0.334 e. The molecule has 0 bridgehead atoms. The zero-order valence-corrected chi connectivity index (χ0v) is 16.4. The first-order valence-corrected chi connectivity index (χ1v) is 8.87. The molecule has 138 valence electrons. The molecule has 0 aliphatic heterocycles. The molecule has 0 atom stereocenters. The van der Waals surface area contributed by atoms with Crippen LogP contribution in [-0.4, -0.2) is 28.8 Å². The second-order valence-electron chi connectivity index (χ2n) is 6.23. The SMILES string of the molecule is Cc1cccc(-c2nc(Cn3c(Br)nc4c(=O)n(C)c(=O)n(C)c43)no2)c1. The summed E-state index contributed by atoms with van der Waals surface area (Å²) in [5, 5.41) is 4.01. The maximum atomic E-state index is 12.3. The molecule has 0 saturated heterocycles. The fourth-order valence-corrected chi connectivity index (χ4v) is 3.43. The Labute approximate surface area is 161 Å². The molecule has 4 aromatic rings. The summed E-state index contributed by atoms with van der Waals surface area (Å²) < 4.78 is 9.81. The van der Waals surface area contributed by atoms with Crippen LogP contribution in [0.3, 0.4) is 0 Å². The molecule has 10 heteroatoms. The van der Waals surface area contributed by atoms with E-state index in [2.05, 4.69) is 31.1 Å². The molecular weight excluding hydrogens is 416 g/mol. The Balaban J connectivity index is 1.80. The Morgan fingerprint density at radius 1 is 1.15 bits per heavy atom. The summed E-state index contributed by atoms with van der Waals surface area (Å²) in [4.78, 5) is 33.3. The van der Waals surface area contributed by atoms with Crippen LogP contribution < -0.4 is 11.2 Å². The Bertz CT molecular complexity index is 1300. The molecular formula is C17H15BrN6O3. The number of nitrogens with zero attached hydrogens (tertiary/aromatic N) is 6. The van der Waals surface area contributed by atoms with E-state index in [0.29, 0.717) is 22.1 Å². The van der Waals surface area contributed by atoms with Crippen molar-refractivity contribution in [3.05, 3.63) is 61.2 Å². The predicted octanol–water partition coefficient (Wildman–Crippen LogP) is 1.60. The number of hydrogen-bond acceptors (Lipinski definition) is 6. The summed E-state index contributed by atoms with van der Waals surface area (Å²) in [5.41, 5.74) is 1.59. The first kappa shape index (κ1) is 17.4. The average Bonchev–Trinajstić information content (AvgIpc) is 3.24. The summed E-state index contributed by atoms with van der Waals surface area (Å²) in [6, 6.07) is 7.74. The molecule has 27 heavy (non-hydrogen) atoms. The van der Waals surface area contributed by atoms with Gasteiger partial charge in [0.1, 0.15) is 0 Å². The molecule has 0 aliphatic rings. The van der Waals surface area contributed by atoms with Crippen LogP contribution in [0, 0.1) is 6.92 Å². The standard InChI is InChI=1S/C17H15BrN6O3/c1-9-5-4-6-10(7-9)13-19-11(21-27-13)8-24-14-12(20-16(24)18)15(25)23(3)17(26)22(14)2/h4-7H,8H2,1-3H3. The summed E-state index contributed by atoms with van der Waals surface area (Å²) in [5.74, 6) is 0.804. The molecule has 9 nitrogen and oxygen atoms in total. The van der Waals surface area contributed by atoms with Gasteiger partial charge in [0.15, 0.2) is 21.7 Å². The summed E-state index contributed by atoms with van der Waals surface area (Å²) in [6.07, 6.45) is 0. The van der Waals surface area contributed by atoms with Crippen molar-refractivity contribution in [2.45, 2.75) is 13.5 Å². The maximum absolute atomic E-state index is 12.3. The van der Waals surface area contributed by atoms with Gasteiger partial charge in [0, 0.05) is 19.7 Å². The van der Waals surface area contributed by atoms with Crippen molar-refractivity contribution >= 4 is 27.1 Å². The van der Waals surface area contributed by atoms with E-state index in [9.17, 15) is 9.59 Å². The van der Waals surface area contributed by atoms with Gasteiger partial charge in [-0.25, -0.2) is 9.78 Å². The van der Waals surface area contributed by atoms with Gasteiger partial charge in [-0.2, -0.15) is 4.98 Å². The Kier molecular flexibility index (Phi) is 4.06. The van der Waals surface area contributed by atoms with Crippen molar-refractivity contribution in [1.82, 2.24) is 28.8 Å². The number of imidazole rings is 1. The van der Waals surface area contributed by atoms with E-state index < -0.39 is 11.2 Å². The minimum absolute atomic E-state index is 0.187. The number of hydrogen-bond donors (Lipinski definition) is 0. The lowest BCUT2D eigenvalue weighted by Gasteiger charge is -2.07. The third-order valence-electron chi connectivity index (χ3n) is 4.33. The second kappa shape index (κ2) is 6.31. The van der Waals surface area contributed by atoms with E-state index in [0.717, 1.165) is 15.7 Å². The number of aryl methyl sites for hydroxylation is 2. The van der Waals surface area contributed by atoms with Crippen molar-refractivity contribution in [1.29, 1.82) is 0 Å². The Hall–Kier alpha value is -3.01. The molecule has 4 rings (SSSR count). The molecule has 0 spiro atoms. The lowest BCUT2D eigenvalue weighted by molar-refractivity contribution is 0.420. The highest BCUT2D eigenvalue weighted by Crippen LogP contribution is 2.21. The van der Waals surface area contributed by atoms with Crippen LogP contribution in [0.25, 0.3) is 22.6 Å². The molecule has 0 aliphatic carbocycles. The second-order valence-corrected chi connectivity index (χ2v) is 6.94. The average molecular weight is 431 g/mol. The molecule has 0 fully saturated rings. The van der Waals surface area contributed by atoms with Crippen molar-refractivity contribution < 1.29 is 4.52 Å². The minimum atomic E-state index is -0.457. The molecule has 1 aromatic carbocycles. The Morgan fingerprint density at radius 3 is 2.67 bits per heavy atom. The van der Waals surface area contributed by atoms with Crippen LogP contribution in [0.15, 0.2) is 43.1 Å². The first-order chi connectivity index (χ1) is 12.9. The largest absolute Gasteiger partial charge is 0.334 e. The summed E-state index contributed by atoms with van der Waals surface area (Å²) >= 11 is 3.35. The Morgan fingerprint density at radius 2 is 1.93 bits per heavy atom. The predicted molar refractivity (Wildman–Crippen MR) is 101 cm³/mol. The highest BCUT2D eigenvalue weighted by Gasteiger charge is 2.19. The van der Waals surface area contributed by atoms with Crippen LogP contribution in [0.2, 0.25) is 0 Å². The quantitative estimate of drug-likeness (QED) is 0.457. The van der Waals surface area contributed by atoms with Gasteiger partial charge in [0.05, 0.1) is 6.54 Å². The number of aromatic nitrogens is 6. The molecule has 3 heterocycles. The molecule has 0 unspecified atom stereocenters. The fourth-order valence-electron chi connectivity index (χ4n) is 2.96. The van der Waals surface area contributed by atoms with E-state index >= 15 is 0 Å². The lowest BCUT2D eigenvalue weighted by atomic mass is 10.1. The molecule has 0 saturated carbocycles. The molecule has 0 N–H and O–H groups in total. The van der Waals surface area contributed by atoms with E-state index in [1.807, 2.05) is 31.2 Å². The smallest absolute Gasteiger partial charge is 0.332 e. The molecule has 0 amide bonds. The van der Waals surface area contributed by atoms with E-state index in [4.69, 9.17) is 4.52 Å². The van der Waals surface area contributed by atoms with Crippen molar-refractivity contribution in [3.8, 4) is 11.5 Å². The number of benzene rings is 1. The van der Waals surface area contributed by atoms with Gasteiger partial charge in [0.25, 0.3) is 11.4 Å². The van der Waals surface area contributed by atoms with E-state index in [-0.39, 0.29) is 12.1 Å². The van der Waals surface area contributed by atoms with Crippen LogP contribution in [0.1, 0.15) is 11.4 Å². The summed E-state index contributed by atoms with van der Waals surface area (Å²) in [6.45, 7) is 2.17. The van der Waals surface area contributed by atoms with Crippen LogP contribution >= 0.6 is 15.9 Å². The van der Waals surface area contributed by atoms with Gasteiger partial charge in [-0.1, -0.05) is 22.9 Å². The van der Waals surface area contributed by atoms with Crippen molar-refractivity contribution in [3.63, 3.8) is 0 Å². The monoisotopic (exact) mass is 430 g/mol. The third kappa shape index (κ3) is 2.81. The number of fused-ring (bicyclic) bond motifs is 1. The van der Waals surface area contributed by atoms with Crippen LogP contribution in [0.4, 0.5) is 0 Å². The highest BCUT2D eigenvalue weighted by molar-refractivity contribution is 9.10. The highest BCUT2D eigenvalue weighted by atomic mass is 79.9. The molecule has 0 radical (unpaired) electrons. The van der Waals surface area contributed by atoms with Gasteiger partial charge >= 0.3 is 5.69 Å². The van der Waals surface area contributed by atoms with Gasteiger partial charge in [0.2, 0.25) is 0 Å². The number of halogens is 1. The fraction of sp³-hybridized carbons (Fsp3) is 0.235. The topological polar surface area (TPSA) is 101 Å². The summed E-state index contributed by atoms with van der Waals surface area (Å²) in [7, 11) is 3.01. The third-order valence-corrected chi connectivity index (χ3v) is 4.93. The van der Waals surface area contributed by atoms with Crippen molar-refractivity contribution in [2.75, 3.05) is 0 Å². The van der Waals surface area contributed by atoms with Crippen LogP contribution in [-0.2, 0) is 20.6 Å². The zero-order valence-electron chi connectivity index (χ0n) is 14.8. The van der Waals surface area contributed by atoms with Crippen LogP contribution in [0.5, 0.6) is 0 Å². The van der Waals surface area contributed by atoms with Gasteiger partial charge in [-0.3, -0.25) is 18.5 Å². The van der Waals surface area contributed by atoms with Gasteiger partial charge < -0.3 is 4.52 Å². The zero-order chi connectivity index (χ0) is 19.3. The number of rotatable bonds is 3. The van der Waals surface area contributed by atoms with Gasteiger partial charge in [-0.15, -0.1) is 0 Å². The van der Waals surface area contributed by atoms with E-state index in [1.165, 1.54) is 11.6 Å². The molecule has 3 aromatic heterocycles. The van der Waals surface area contributed by atoms with Crippen molar-refractivity contribution in [2.24, 2.45) is 14.1 Å². The van der Waals surface area contributed by atoms with Gasteiger partial charge in [-0.05, 0) is 35.0 Å². The van der Waals surface area contributed by atoms with E-state index in [1.54, 1.807) is 11.6 Å². The maximum Gasteiger partial charge on any atom is 0.332 e. The first-order valence-electron chi connectivity index (χ1n) is 8.08. The lowest BCUT2D eigenvalue weighted by Crippen LogP contribution is -2.37. The normalized spacial score (nSPS) is 11.4.